The van der Waals surface area contributed by atoms with Crippen LogP contribution in [-0.2, 0) is 17.7 Å². The van der Waals surface area contributed by atoms with E-state index in [0.29, 0.717) is 48.6 Å². The highest BCUT2D eigenvalue weighted by atomic mass is 16.5. The Bertz CT molecular complexity index is 1260. The van der Waals surface area contributed by atoms with Gasteiger partial charge in [-0.05, 0) is 30.2 Å². The van der Waals surface area contributed by atoms with E-state index >= 15 is 0 Å². The Morgan fingerprint density at radius 1 is 1.03 bits per heavy atom. The van der Waals surface area contributed by atoms with Crippen molar-refractivity contribution >= 4 is 5.91 Å². The second-order valence-corrected chi connectivity index (χ2v) is 7.54. The van der Waals surface area contributed by atoms with E-state index in [4.69, 9.17) is 9.47 Å². The number of benzene rings is 2. The summed E-state index contributed by atoms with van der Waals surface area (Å²) in [5, 5.41) is 7.45. The first kappa shape index (κ1) is 22.3. The molecule has 33 heavy (non-hydrogen) atoms. The van der Waals surface area contributed by atoms with E-state index in [0.717, 1.165) is 11.3 Å². The molecule has 8 heteroatoms. The van der Waals surface area contributed by atoms with E-state index < -0.39 is 0 Å². The molecule has 0 aromatic heterocycles. The number of fused-ring (bicyclic) bond motifs is 1. The topological polar surface area (TPSA) is 87.4 Å². The molecule has 4 rings (SSSR count). The average molecular weight is 447 g/mol. The maximum absolute atomic E-state index is 13.1. The minimum absolute atomic E-state index is 0.272. The summed E-state index contributed by atoms with van der Waals surface area (Å²) in [5.74, 6) is 0.489. The molecule has 0 unspecified atom stereocenters. The smallest absolute Gasteiger partial charge is 0.282 e. The minimum Gasteiger partial charge on any atom is -0.496 e. The highest BCUT2D eigenvalue weighted by Crippen LogP contribution is 2.23. The lowest BCUT2D eigenvalue weighted by atomic mass is 10.1. The number of methoxy groups -OCH3 is 2. The standard InChI is InChI=1S/C25H26N4O4/c1-32-15-14-28-16-20(24(30)26-13-12-18-8-6-7-11-22(18)33-2)23-21(17-28)25(31)29(27-23)19-9-4-3-5-10-19/h3-11,16-17H,12-15H2,1-2H3,(H,26,30). The molecule has 2 aliphatic rings. The van der Waals surface area contributed by atoms with Crippen molar-refractivity contribution in [3.05, 3.63) is 88.5 Å². The van der Waals surface area contributed by atoms with Gasteiger partial charge in [-0.15, -0.1) is 0 Å². The summed E-state index contributed by atoms with van der Waals surface area (Å²) in [4.78, 5) is 26.3. The van der Waals surface area contributed by atoms with Gasteiger partial charge in [-0.2, -0.15) is 9.78 Å². The number of pyridine rings is 1. The first-order valence-electron chi connectivity index (χ1n) is 10.7. The van der Waals surface area contributed by atoms with Crippen molar-refractivity contribution in [2.24, 2.45) is 0 Å². The third-order valence-electron chi connectivity index (χ3n) is 5.39. The van der Waals surface area contributed by atoms with Crippen molar-refractivity contribution in [1.82, 2.24) is 19.7 Å². The molecular weight excluding hydrogens is 420 g/mol. The molecule has 1 N–H and O–H groups in total. The SMILES string of the molecule is COCCn1cc(C(=O)NCCc2ccccc2OC)c2nn(-c3ccccc3)c(=O)c-2c1. The van der Waals surface area contributed by atoms with E-state index in [-0.39, 0.29) is 11.5 Å². The molecule has 8 nitrogen and oxygen atoms in total. The van der Waals surface area contributed by atoms with Gasteiger partial charge in [0.15, 0.2) is 0 Å². The van der Waals surface area contributed by atoms with Crippen LogP contribution in [0.15, 0.2) is 71.8 Å². The summed E-state index contributed by atoms with van der Waals surface area (Å²) in [6.45, 7) is 1.37. The van der Waals surface area contributed by atoms with Crippen LogP contribution in [0.3, 0.4) is 0 Å². The molecule has 0 spiro atoms. The van der Waals surface area contributed by atoms with Crippen LogP contribution in [0.4, 0.5) is 0 Å². The number of hydrogen-bond acceptors (Lipinski definition) is 5. The Morgan fingerprint density at radius 3 is 2.55 bits per heavy atom. The van der Waals surface area contributed by atoms with Gasteiger partial charge in [0.05, 0.1) is 30.5 Å². The lowest BCUT2D eigenvalue weighted by Crippen LogP contribution is -2.27. The number of nitrogens with one attached hydrogen (secondary N) is 1. The summed E-state index contributed by atoms with van der Waals surface area (Å²) in [7, 11) is 3.23. The number of carbonyl (C=O) groups excluding carboxylic acids is 1. The highest BCUT2D eigenvalue weighted by molar-refractivity contribution is 5.99. The fourth-order valence-corrected chi connectivity index (χ4v) is 3.71. The van der Waals surface area contributed by atoms with Gasteiger partial charge in [0, 0.05) is 32.6 Å². The Kier molecular flexibility index (Phi) is 6.85. The molecule has 2 aliphatic heterocycles. The van der Waals surface area contributed by atoms with E-state index in [1.165, 1.54) is 4.68 Å². The number of amides is 1. The number of rotatable bonds is 9. The zero-order valence-corrected chi connectivity index (χ0v) is 18.7. The van der Waals surface area contributed by atoms with Gasteiger partial charge in [0.25, 0.3) is 11.5 Å². The molecule has 2 aromatic carbocycles. The van der Waals surface area contributed by atoms with E-state index in [1.807, 2.05) is 42.5 Å². The van der Waals surface area contributed by atoms with Crippen LogP contribution in [0.25, 0.3) is 16.9 Å². The monoisotopic (exact) mass is 446 g/mol. The first-order chi connectivity index (χ1) is 16.1. The maximum atomic E-state index is 13.1. The molecule has 0 aliphatic carbocycles. The van der Waals surface area contributed by atoms with Gasteiger partial charge < -0.3 is 19.4 Å². The molecular formula is C25H26N4O4. The minimum atomic E-state index is -0.292. The van der Waals surface area contributed by atoms with Crippen molar-refractivity contribution in [1.29, 1.82) is 0 Å². The lowest BCUT2D eigenvalue weighted by molar-refractivity contribution is 0.0953. The third kappa shape index (κ3) is 4.80. The number of ether oxygens (including phenoxy) is 2. The Morgan fingerprint density at radius 2 is 1.79 bits per heavy atom. The molecule has 0 fully saturated rings. The van der Waals surface area contributed by atoms with Crippen molar-refractivity contribution < 1.29 is 14.3 Å². The predicted octanol–water partition coefficient (Wildman–Crippen LogP) is 2.77. The summed E-state index contributed by atoms with van der Waals surface area (Å²) in [5.41, 5.74) is 2.47. The number of hydrogen-bond donors (Lipinski definition) is 1. The Labute approximate surface area is 191 Å². The summed E-state index contributed by atoms with van der Waals surface area (Å²) in [6.07, 6.45) is 4.04. The molecule has 0 atom stereocenters. The second-order valence-electron chi connectivity index (χ2n) is 7.54. The second kappa shape index (κ2) is 10.1. The van der Waals surface area contributed by atoms with Crippen LogP contribution in [0, 0.1) is 0 Å². The van der Waals surface area contributed by atoms with Crippen LogP contribution in [-0.4, -0.2) is 47.6 Å². The number of nitrogens with zero attached hydrogens (tertiary/aromatic N) is 3. The number of carbonyl (C=O) groups is 1. The fraction of sp³-hybridized carbons (Fsp3) is 0.240. The molecule has 1 amide bonds. The molecule has 0 radical (unpaired) electrons. The molecule has 2 aromatic rings. The van der Waals surface area contributed by atoms with Gasteiger partial charge in [-0.1, -0.05) is 36.4 Å². The highest BCUT2D eigenvalue weighted by Gasteiger charge is 2.24. The molecule has 0 saturated heterocycles. The van der Waals surface area contributed by atoms with Crippen LogP contribution < -0.4 is 15.6 Å². The van der Waals surface area contributed by atoms with Crippen LogP contribution in [0.2, 0.25) is 0 Å². The molecule has 0 bridgehead atoms. The van der Waals surface area contributed by atoms with E-state index in [2.05, 4.69) is 10.4 Å². The van der Waals surface area contributed by atoms with Gasteiger partial charge >= 0.3 is 0 Å². The quantitative estimate of drug-likeness (QED) is 0.427. The molecule has 0 saturated carbocycles. The molecule has 170 valence electrons. The van der Waals surface area contributed by atoms with Crippen molar-refractivity contribution in [2.45, 2.75) is 13.0 Å². The number of aromatic nitrogens is 3. The van der Waals surface area contributed by atoms with E-state index in [9.17, 15) is 9.59 Å². The summed E-state index contributed by atoms with van der Waals surface area (Å²) >= 11 is 0. The van der Waals surface area contributed by atoms with Gasteiger partial charge in [0.2, 0.25) is 0 Å². The maximum Gasteiger partial charge on any atom is 0.282 e. The van der Waals surface area contributed by atoms with Crippen molar-refractivity contribution in [2.75, 3.05) is 27.4 Å². The lowest BCUT2D eigenvalue weighted by Gasteiger charge is -2.13. The summed E-state index contributed by atoms with van der Waals surface area (Å²) < 4.78 is 13.7. The largest absolute Gasteiger partial charge is 0.496 e. The van der Waals surface area contributed by atoms with Crippen LogP contribution in [0.5, 0.6) is 5.75 Å². The Balaban J connectivity index is 1.64. The summed E-state index contributed by atoms with van der Waals surface area (Å²) in [6, 6.07) is 16.9. The van der Waals surface area contributed by atoms with Gasteiger partial charge in [0.1, 0.15) is 11.4 Å². The first-order valence-corrected chi connectivity index (χ1v) is 10.7. The zero-order valence-electron chi connectivity index (χ0n) is 18.7. The fourth-order valence-electron chi connectivity index (χ4n) is 3.71. The van der Waals surface area contributed by atoms with Gasteiger partial charge in [-0.25, -0.2) is 0 Å². The van der Waals surface area contributed by atoms with Crippen molar-refractivity contribution in [3.8, 4) is 22.7 Å². The molecule has 2 heterocycles. The van der Waals surface area contributed by atoms with Crippen LogP contribution >= 0.6 is 0 Å². The average Bonchev–Trinajstić information content (AvgIpc) is 3.19. The van der Waals surface area contributed by atoms with Crippen LogP contribution in [0.1, 0.15) is 15.9 Å². The predicted molar refractivity (Wildman–Crippen MR) is 125 cm³/mol. The van der Waals surface area contributed by atoms with Gasteiger partial charge in [-0.3, -0.25) is 9.59 Å². The number of para-hydroxylation sites is 2. The Hall–Kier alpha value is -3.91. The zero-order chi connectivity index (χ0) is 23.2. The third-order valence-corrected chi connectivity index (χ3v) is 5.39. The normalized spacial score (nSPS) is 11.0. The van der Waals surface area contributed by atoms with Crippen molar-refractivity contribution in [3.63, 3.8) is 0 Å². The van der Waals surface area contributed by atoms with E-state index in [1.54, 1.807) is 43.3 Å².